The molecule has 0 bridgehead atoms. The van der Waals surface area contributed by atoms with Gasteiger partial charge in [-0.3, -0.25) is 9.59 Å². The van der Waals surface area contributed by atoms with Crippen molar-refractivity contribution in [2.75, 3.05) is 45.2 Å². The number of nitrogens with two attached hydrogens (primary N) is 1. The first-order chi connectivity index (χ1) is 12.5. The number of aromatic nitrogens is 1. The monoisotopic (exact) mass is 431 g/mol. The van der Waals surface area contributed by atoms with Crippen LogP contribution in [0.4, 0.5) is 5.82 Å². The molecule has 0 aromatic carbocycles. The number of halogens is 2. The number of carbonyl (C=O) groups is 2. The Morgan fingerprint density at radius 3 is 2.75 bits per heavy atom. The van der Waals surface area contributed by atoms with Crippen molar-refractivity contribution in [3.8, 4) is 0 Å². The molecule has 2 aliphatic rings. The Balaban J connectivity index is 0.00000196. The van der Waals surface area contributed by atoms with Gasteiger partial charge in [0, 0.05) is 52.4 Å². The molecule has 2 fully saturated rings. The minimum absolute atomic E-state index is 0. The van der Waals surface area contributed by atoms with E-state index in [-0.39, 0.29) is 42.7 Å². The second-order valence-corrected chi connectivity index (χ2v) is 7.40. The van der Waals surface area contributed by atoms with Crippen LogP contribution >= 0.6 is 24.8 Å². The SMILES string of the molecule is CN(C)C(=O)c1cccnc1N1CC[C@@H]2[C@@H](CCC(=O)N2CCCN)C1.Cl.Cl. The molecule has 0 saturated carbocycles. The fourth-order valence-corrected chi connectivity index (χ4v) is 4.15. The van der Waals surface area contributed by atoms with Gasteiger partial charge in [-0.25, -0.2) is 4.98 Å². The van der Waals surface area contributed by atoms with E-state index in [9.17, 15) is 9.59 Å². The third kappa shape index (κ3) is 5.07. The van der Waals surface area contributed by atoms with E-state index in [4.69, 9.17) is 5.73 Å². The maximum absolute atomic E-state index is 12.5. The molecule has 1 aromatic rings. The lowest BCUT2D eigenvalue weighted by Gasteiger charge is -2.47. The number of nitrogens with zero attached hydrogens (tertiary/aromatic N) is 4. The largest absolute Gasteiger partial charge is 0.356 e. The molecule has 2 saturated heterocycles. The van der Waals surface area contributed by atoms with Crippen molar-refractivity contribution >= 4 is 42.4 Å². The van der Waals surface area contributed by atoms with Crippen LogP contribution in [0.5, 0.6) is 0 Å². The van der Waals surface area contributed by atoms with Gasteiger partial charge in [-0.05, 0) is 43.9 Å². The number of piperidine rings is 2. The van der Waals surface area contributed by atoms with E-state index in [1.807, 2.05) is 11.0 Å². The molecule has 2 N–H and O–H groups in total. The Bertz CT molecular complexity index is 673. The van der Waals surface area contributed by atoms with Crippen LogP contribution in [0, 0.1) is 5.92 Å². The van der Waals surface area contributed by atoms with Crippen molar-refractivity contribution in [1.82, 2.24) is 14.8 Å². The van der Waals surface area contributed by atoms with Gasteiger partial charge in [0.05, 0.1) is 5.56 Å². The summed E-state index contributed by atoms with van der Waals surface area (Å²) in [6.45, 7) is 3.00. The normalized spacial score (nSPS) is 21.3. The van der Waals surface area contributed by atoms with Gasteiger partial charge in [-0.15, -0.1) is 24.8 Å². The van der Waals surface area contributed by atoms with Crippen molar-refractivity contribution < 1.29 is 9.59 Å². The minimum Gasteiger partial charge on any atom is -0.356 e. The number of rotatable bonds is 5. The van der Waals surface area contributed by atoms with Gasteiger partial charge in [0.25, 0.3) is 5.91 Å². The number of anilines is 1. The van der Waals surface area contributed by atoms with Gasteiger partial charge < -0.3 is 20.4 Å². The Hall–Kier alpha value is -1.57. The van der Waals surface area contributed by atoms with Crippen molar-refractivity contribution in [3.63, 3.8) is 0 Å². The van der Waals surface area contributed by atoms with Gasteiger partial charge in [0.2, 0.25) is 5.91 Å². The first-order valence-electron chi connectivity index (χ1n) is 9.44. The predicted molar refractivity (Wildman–Crippen MR) is 115 cm³/mol. The standard InChI is InChI=1S/C19H29N5O2.2ClH/c1-22(2)19(26)15-5-3-10-21-18(15)23-12-8-16-14(13-23)6-7-17(25)24(16)11-4-9-20;;/h3,5,10,14,16H,4,6-9,11-13,20H2,1-2H3;2*1H/t14-,16+;;/m0../s1. The molecular weight excluding hydrogens is 401 g/mol. The highest BCUT2D eigenvalue weighted by atomic mass is 35.5. The third-order valence-corrected chi connectivity index (χ3v) is 5.47. The lowest BCUT2D eigenvalue weighted by atomic mass is 9.83. The van der Waals surface area contributed by atoms with Crippen LogP contribution in [0.25, 0.3) is 0 Å². The molecule has 9 heteroatoms. The summed E-state index contributed by atoms with van der Waals surface area (Å²) in [5.74, 6) is 1.41. The van der Waals surface area contributed by atoms with E-state index < -0.39 is 0 Å². The zero-order chi connectivity index (χ0) is 18.7. The summed E-state index contributed by atoms with van der Waals surface area (Å²) < 4.78 is 0. The molecule has 0 unspecified atom stereocenters. The van der Waals surface area contributed by atoms with Gasteiger partial charge in [0.1, 0.15) is 5.82 Å². The first kappa shape index (κ1) is 24.5. The average Bonchev–Trinajstić information content (AvgIpc) is 2.66. The summed E-state index contributed by atoms with van der Waals surface area (Å²) >= 11 is 0. The number of fused-ring (bicyclic) bond motifs is 1. The second kappa shape index (κ2) is 10.8. The molecule has 2 amide bonds. The second-order valence-electron chi connectivity index (χ2n) is 7.40. The van der Waals surface area contributed by atoms with E-state index in [1.54, 1.807) is 31.3 Å². The fraction of sp³-hybridized carbons (Fsp3) is 0.632. The van der Waals surface area contributed by atoms with Crippen LogP contribution < -0.4 is 10.6 Å². The Morgan fingerprint density at radius 1 is 1.32 bits per heavy atom. The lowest BCUT2D eigenvalue weighted by molar-refractivity contribution is -0.139. The van der Waals surface area contributed by atoms with E-state index in [2.05, 4.69) is 9.88 Å². The highest BCUT2D eigenvalue weighted by Gasteiger charge is 2.39. The molecule has 0 aliphatic carbocycles. The van der Waals surface area contributed by atoms with Crippen LogP contribution in [-0.4, -0.2) is 72.9 Å². The lowest BCUT2D eigenvalue weighted by Crippen LogP contribution is -2.56. The van der Waals surface area contributed by atoms with E-state index >= 15 is 0 Å². The molecule has 0 spiro atoms. The summed E-state index contributed by atoms with van der Waals surface area (Å²) in [5.41, 5.74) is 6.28. The third-order valence-electron chi connectivity index (χ3n) is 5.47. The van der Waals surface area contributed by atoms with Gasteiger partial charge in [0.15, 0.2) is 0 Å². The van der Waals surface area contributed by atoms with Gasteiger partial charge in [-0.1, -0.05) is 0 Å². The molecule has 2 atom stereocenters. The summed E-state index contributed by atoms with van der Waals surface area (Å²) in [5, 5.41) is 0. The first-order valence-corrected chi connectivity index (χ1v) is 9.44. The number of pyridine rings is 1. The van der Waals surface area contributed by atoms with Crippen molar-refractivity contribution in [2.24, 2.45) is 11.7 Å². The number of likely N-dealkylation sites (tertiary alicyclic amines) is 1. The van der Waals surface area contributed by atoms with Crippen LogP contribution in [0.2, 0.25) is 0 Å². The Kier molecular flexibility index (Phi) is 9.47. The van der Waals surface area contributed by atoms with Crippen LogP contribution in [0.3, 0.4) is 0 Å². The molecule has 3 heterocycles. The van der Waals surface area contributed by atoms with Crippen LogP contribution in [0.1, 0.15) is 36.0 Å². The number of amides is 2. The molecule has 28 heavy (non-hydrogen) atoms. The quantitative estimate of drug-likeness (QED) is 0.767. The minimum atomic E-state index is -0.0291. The maximum atomic E-state index is 12.5. The number of carbonyl (C=O) groups excluding carboxylic acids is 2. The van der Waals surface area contributed by atoms with Crippen molar-refractivity contribution in [1.29, 1.82) is 0 Å². The highest BCUT2D eigenvalue weighted by Crippen LogP contribution is 2.33. The Morgan fingerprint density at radius 2 is 2.07 bits per heavy atom. The fourth-order valence-electron chi connectivity index (χ4n) is 4.15. The Labute approximate surface area is 179 Å². The molecule has 158 valence electrons. The number of hydrogen-bond donors (Lipinski definition) is 1. The van der Waals surface area contributed by atoms with Crippen LogP contribution in [0.15, 0.2) is 18.3 Å². The molecule has 7 nitrogen and oxygen atoms in total. The average molecular weight is 432 g/mol. The predicted octanol–water partition coefficient (Wildman–Crippen LogP) is 1.79. The van der Waals surface area contributed by atoms with E-state index in [1.165, 1.54) is 0 Å². The highest BCUT2D eigenvalue weighted by molar-refractivity contribution is 5.98. The summed E-state index contributed by atoms with van der Waals surface area (Å²) in [6.07, 6.45) is 5.01. The summed E-state index contributed by atoms with van der Waals surface area (Å²) in [7, 11) is 3.51. The zero-order valence-electron chi connectivity index (χ0n) is 16.5. The van der Waals surface area contributed by atoms with Gasteiger partial charge in [-0.2, -0.15) is 0 Å². The summed E-state index contributed by atoms with van der Waals surface area (Å²) in [4.78, 5) is 35.2. The number of hydrogen-bond acceptors (Lipinski definition) is 5. The zero-order valence-corrected chi connectivity index (χ0v) is 18.2. The molecule has 3 rings (SSSR count). The van der Waals surface area contributed by atoms with Crippen LogP contribution in [-0.2, 0) is 4.79 Å². The van der Waals surface area contributed by atoms with E-state index in [0.717, 1.165) is 44.7 Å². The van der Waals surface area contributed by atoms with Crippen molar-refractivity contribution in [2.45, 2.75) is 31.7 Å². The topological polar surface area (TPSA) is 82.8 Å². The van der Waals surface area contributed by atoms with Crippen molar-refractivity contribution in [3.05, 3.63) is 23.9 Å². The summed E-state index contributed by atoms with van der Waals surface area (Å²) in [6, 6.07) is 3.94. The molecule has 1 aromatic heterocycles. The maximum Gasteiger partial charge on any atom is 0.257 e. The molecular formula is C19H31Cl2N5O2. The molecule has 2 aliphatic heterocycles. The smallest absolute Gasteiger partial charge is 0.257 e. The molecule has 0 radical (unpaired) electrons. The van der Waals surface area contributed by atoms with E-state index in [0.29, 0.717) is 24.4 Å². The van der Waals surface area contributed by atoms with Gasteiger partial charge >= 0.3 is 0 Å².